The summed E-state index contributed by atoms with van der Waals surface area (Å²) in [7, 11) is 2.86. The summed E-state index contributed by atoms with van der Waals surface area (Å²) in [6.45, 7) is 13.9. The van der Waals surface area contributed by atoms with Crippen LogP contribution in [-0.2, 0) is 110 Å². The minimum atomic E-state index is -0.832. The lowest BCUT2D eigenvalue weighted by Crippen LogP contribution is -2.39. The number of carboxylic acids is 4. The van der Waals surface area contributed by atoms with Crippen molar-refractivity contribution in [2.24, 2.45) is 5.92 Å². The molecule has 127 heavy (non-hydrogen) atoms. The number of benzene rings is 11. The van der Waals surface area contributed by atoms with E-state index >= 15 is 0 Å². The van der Waals surface area contributed by atoms with Gasteiger partial charge in [-0.2, -0.15) is 27.0 Å². The van der Waals surface area contributed by atoms with Gasteiger partial charge >= 0.3 is 35.8 Å². The molecule has 0 aliphatic rings. The molecule has 13 rings (SSSR count). The fourth-order valence-corrected chi connectivity index (χ4v) is 14.1. The van der Waals surface area contributed by atoms with Crippen molar-refractivity contribution in [3.8, 4) is 10.4 Å². The lowest BCUT2D eigenvalue weighted by molar-refractivity contribution is -0.144. The molecule has 0 amide bonds. The number of carbonyl (C=O) groups is 6. The monoisotopic (exact) mass is 1790 g/mol. The Hall–Kier alpha value is -11.8. The minimum absolute atomic E-state index is 0. The molecule has 6 atom stereocenters. The van der Waals surface area contributed by atoms with Crippen molar-refractivity contribution < 1.29 is 58.7 Å². The number of rotatable bonds is 37. The molecule has 0 fully saturated rings. The maximum atomic E-state index is 12.1. The van der Waals surface area contributed by atoms with Crippen LogP contribution in [0.15, 0.2) is 327 Å². The number of carbonyl (C=O) groups excluding carboxylic acids is 2. The zero-order valence-electron chi connectivity index (χ0n) is 73.1. The van der Waals surface area contributed by atoms with Crippen LogP contribution in [0.2, 0.25) is 0 Å². The number of hydrogen-bond acceptors (Lipinski definition) is 15. The number of methoxy groups -OCH3 is 2. The fraction of sp³-hybridized carbons (Fsp3) is 0.250. The van der Waals surface area contributed by atoms with Gasteiger partial charge in [-0.05, 0) is 149 Å². The molecular formula is C104H122ClN7O12S3. The van der Waals surface area contributed by atoms with Crippen LogP contribution in [0.3, 0.4) is 0 Å². The summed E-state index contributed by atoms with van der Waals surface area (Å²) in [5.74, 6) is -3.25. The van der Waals surface area contributed by atoms with Crippen LogP contribution in [0, 0.1) is 26.7 Å². The molecule has 0 aliphatic carbocycles. The van der Waals surface area contributed by atoms with Crippen molar-refractivity contribution in [3.63, 3.8) is 0 Å². The summed E-state index contributed by atoms with van der Waals surface area (Å²) in [6, 6.07) is 101. The minimum Gasteiger partial charge on any atom is -0.480 e. The SMILES string of the molecule is COC(=O)[C@H](CC(C)C)NCc1ccccc1.COC(=O)[C@H](Cc1ccc(-c2cccs2)cc1)NCc1ccccc1.Cc1ccc(CNC(Cc2ccccc2)C(=O)O)c(C)c1.Cc1ccc(CNC(Cc2ccccc2)C(=O)O)cc1.Cl.O=C(O)C(Cc1c[nH]c2ccccc12)NCc1ccccc1.O=C(O)[C@H](Cc1ccccc1)NCc1ccccc1.S.S. The number of hydrogen-bond donors (Lipinski definition) is 11. The van der Waals surface area contributed by atoms with Crippen molar-refractivity contribution in [2.45, 2.75) is 149 Å². The zero-order chi connectivity index (χ0) is 88.6. The number of fused-ring (bicyclic) bond motifs is 1. The van der Waals surface area contributed by atoms with Gasteiger partial charge in [-0.25, -0.2) is 0 Å². The Morgan fingerprint density at radius 3 is 1.02 bits per heavy atom. The van der Waals surface area contributed by atoms with Crippen LogP contribution in [0.5, 0.6) is 0 Å². The number of aromatic amines is 1. The molecular weight excluding hydrogens is 1670 g/mol. The maximum Gasteiger partial charge on any atom is 0.323 e. The predicted octanol–water partition coefficient (Wildman–Crippen LogP) is 18.6. The van der Waals surface area contributed by atoms with E-state index in [2.05, 4.69) is 125 Å². The van der Waals surface area contributed by atoms with Crippen molar-refractivity contribution in [1.29, 1.82) is 0 Å². The highest BCUT2D eigenvalue weighted by atomic mass is 35.5. The van der Waals surface area contributed by atoms with E-state index in [0.717, 1.165) is 73.0 Å². The number of aromatic nitrogens is 1. The van der Waals surface area contributed by atoms with Crippen LogP contribution in [0.25, 0.3) is 21.3 Å². The first-order valence-corrected chi connectivity index (χ1v) is 42.5. The number of ether oxygens (including phenoxy) is 2. The lowest BCUT2D eigenvalue weighted by atomic mass is 10.0. The van der Waals surface area contributed by atoms with Crippen molar-refractivity contribution in [3.05, 3.63) is 405 Å². The van der Waals surface area contributed by atoms with E-state index in [4.69, 9.17) is 9.47 Å². The van der Waals surface area contributed by atoms with Gasteiger partial charge in [0.1, 0.15) is 36.3 Å². The number of nitrogens with one attached hydrogen (secondary N) is 7. The topological polar surface area (TPSA) is 290 Å². The highest BCUT2D eigenvalue weighted by molar-refractivity contribution is 7.59. The molecule has 2 aromatic heterocycles. The number of para-hydroxylation sites is 1. The second-order valence-electron chi connectivity index (χ2n) is 30.5. The van der Waals surface area contributed by atoms with Crippen LogP contribution < -0.4 is 31.9 Å². The van der Waals surface area contributed by atoms with Crippen molar-refractivity contribution >= 4 is 97.5 Å². The summed E-state index contributed by atoms with van der Waals surface area (Å²) in [6.07, 6.45) is 5.20. The van der Waals surface area contributed by atoms with E-state index in [1.165, 1.54) is 46.9 Å². The quantitative estimate of drug-likeness (QED) is 0.0161. The number of esters is 2. The fourth-order valence-electron chi connectivity index (χ4n) is 13.4. The molecule has 0 saturated heterocycles. The number of thiophene rings is 1. The van der Waals surface area contributed by atoms with Gasteiger partial charge in [-0.1, -0.05) is 328 Å². The molecule has 0 radical (unpaired) electrons. The Morgan fingerprint density at radius 2 is 0.654 bits per heavy atom. The molecule has 19 nitrogen and oxygen atoms in total. The third kappa shape index (κ3) is 39.8. The third-order valence-electron chi connectivity index (χ3n) is 20.3. The molecule has 670 valence electrons. The molecule has 0 bridgehead atoms. The Kier molecular flexibility index (Phi) is 49.3. The van der Waals surface area contributed by atoms with Gasteiger partial charge < -0.3 is 66.8 Å². The second kappa shape index (κ2) is 59.2. The summed E-state index contributed by atoms with van der Waals surface area (Å²) in [4.78, 5) is 73.6. The molecule has 11 N–H and O–H groups in total. The molecule has 3 unspecified atom stereocenters. The highest BCUT2D eigenvalue weighted by Gasteiger charge is 2.24. The van der Waals surface area contributed by atoms with Gasteiger partial charge in [-0.15, -0.1) is 23.7 Å². The van der Waals surface area contributed by atoms with Crippen molar-refractivity contribution in [2.75, 3.05) is 14.2 Å². The molecule has 0 spiro atoms. The van der Waals surface area contributed by atoms with Gasteiger partial charge in [0.2, 0.25) is 0 Å². The van der Waals surface area contributed by atoms with Gasteiger partial charge in [0.25, 0.3) is 0 Å². The molecule has 2 heterocycles. The number of carboxylic acid groups (broad SMARTS) is 4. The molecule has 13 aromatic rings. The first-order chi connectivity index (χ1) is 60.1. The Bertz CT molecular complexity index is 5250. The van der Waals surface area contributed by atoms with Gasteiger partial charge in [-0.3, -0.25) is 28.8 Å². The van der Waals surface area contributed by atoms with E-state index < -0.39 is 48.0 Å². The first kappa shape index (κ1) is 106. The normalized spacial score (nSPS) is 11.8. The van der Waals surface area contributed by atoms with Crippen LogP contribution >= 0.6 is 50.7 Å². The highest BCUT2D eigenvalue weighted by Crippen LogP contribution is 2.26. The summed E-state index contributed by atoms with van der Waals surface area (Å²) < 4.78 is 9.76. The molecule has 0 saturated carbocycles. The van der Waals surface area contributed by atoms with Gasteiger partial charge in [0.05, 0.1) is 14.2 Å². The summed E-state index contributed by atoms with van der Waals surface area (Å²) in [5.41, 5.74) is 17.7. The van der Waals surface area contributed by atoms with Crippen molar-refractivity contribution in [1.82, 2.24) is 36.9 Å². The number of halogens is 1. The van der Waals surface area contributed by atoms with Crippen LogP contribution in [0.4, 0.5) is 0 Å². The number of H-pyrrole nitrogens is 1. The van der Waals surface area contributed by atoms with E-state index in [1.54, 1.807) is 11.3 Å². The third-order valence-corrected chi connectivity index (χ3v) is 21.2. The van der Waals surface area contributed by atoms with E-state index in [0.29, 0.717) is 77.3 Å². The van der Waals surface area contributed by atoms with Gasteiger partial charge in [0, 0.05) is 67.7 Å². The average Bonchev–Trinajstić information content (AvgIpc) is 1.69. The number of aliphatic carboxylic acids is 4. The zero-order valence-corrected chi connectivity index (χ0v) is 76.7. The van der Waals surface area contributed by atoms with Crippen LogP contribution in [0.1, 0.15) is 98.2 Å². The predicted molar refractivity (Wildman–Crippen MR) is 525 cm³/mol. The average molecular weight is 1790 g/mol. The van der Waals surface area contributed by atoms with Crippen LogP contribution in [-0.4, -0.2) is 112 Å². The standard InChI is InChI=1S/C21H21NO2S.C18H18N2O2.C18H21NO2.C17H19NO2.C16H17NO2.C14H21NO2.ClH.2H2S/c1-24-21(23)19(22-15-17-6-3-2-4-7-17)14-16-9-11-18(12-10-16)20-8-5-13-25-20;21-18(22)17(19-11-13-6-2-1-3-7-13)10-14-12-20-16-9-5-4-8-15(14)16;1-13-8-9-16(14(2)10-13)12-19-17(18(20)21)11-15-6-4-3-5-7-15;1-13-7-9-15(10-8-13)12-18-16(17(19)20)11-14-5-3-2-4-6-14;18-16(19)15(11-13-7-3-1-4-8-13)17-12-14-9-5-2-6-10-14;1-11(2)9-13(14(16)17-3)15-10-12-7-5-4-6-8-12;;;/h2-13,19,22H,14-15H2,1H3;1-9,12,17,19-20H,10-11H2,(H,21,22);3-10,17,19H,11-12H2,1-2H3,(H,20,21);2-10,16,18H,11-12H2,1H3,(H,19,20);1-10,15,17H,11-12H2,(H,18,19);4-8,11,13,15H,9-10H2,1-3H3;1H;2*1H2/t19-;;;;15-;13-;;;/m0...00.../s1. The number of aryl methyl sites for hydroxylation is 3. The van der Waals surface area contributed by atoms with Gasteiger partial charge in [0.15, 0.2) is 0 Å². The smallest absolute Gasteiger partial charge is 0.323 e. The second-order valence-corrected chi connectivity index (χ2v) is 31.4. The largest absolute Gasteiger partial charge is 0.480 e. The maximum absolute atomic E-state index is 12.1. The van der Waals surface area contributed by atoms with E-state index in [-0.39, 0.29) is 63.4 Å². The lowest BCUT2D eigenvalue weighted by Gasteiger charge is -2.18. The van der Waals surface area contributed by atoms with E-state index in [1.807, 2.05) is 274 Å². The summed E-state index contributed by atoms with van der Waals surface area (Å²) in [5, 5.41) is 59.5. The molecule has 0 aliphatic heterocycles. The molecule has 11 aromatic carbocycles. The Morgan fingerprint density at radius 1 is 0.339 bits per heavy atom. The summed E-state index contributed by atoms with van der Waals surface area (Å²) >= 11 is 1.72. The van der Waals surface area contributed by atoms with E-state index in [9.17, 15) is 49.2 Å². The Labute approximate surface area is 772 Å². The Balaban J connectivity index is 0.000000270. The molecule has 23 heteroatoms. The first-order valence-electron chi connectivity index (χ1n) is 41.6.